The molecule has 0 radical (unpaired) electrons. The highest BCUT2D eigenvalue weighted by Crippen LogP contribution is 2.28. The van der Waals surface area contributed by atoms with E-state index in [4.69, 9.17) is 4.74 Å². The predicted octanol–water partition coefficient (Wildman–Crippen LogP) is 3.42. The van der Waals surface area contributed by atoms with E-state index in [2.05, 4.69) is 15.9 Å². The Morgan fingerprint density at radius 3 is 2.55 bits per heavy atom. The van der Waals surface area contributed by atoms with E-state index in [1.807, 2.05) is 0 Å². The average Bonchev–Trinajstić information content (AvgIpc) is 2.47. The molecule has 2 aromatic rings. The van der Waals surface area contributed by atoms with Gasteiger partial charge in [0.05, 0.1) is 16.5 Å². The van der Waals surface area contributed by atoms with Crippen LogP contribution in [-0.4, -0.2) is 26.9 Å². The van der Waals surface area contributed by atoms with Crippen LogP contribution in [0.2, 0.25) is 0 Å². The average molecular weight is 388 g/mol. The number of halogens is 2. The van der Waals surface area contributed by atoms with Gasteiger partial charge >= 0.3 is 0 Å². The highest BCUT2D eigenvalue weighted by molar-refractivity contribution is 9.10. The van der Waals surface area contributed by atoms with Crippen LogP contribution >= 0.6 is 15.9 Å². The summed E-state index contributed by atoms with van der Waals surface area (Å²) in [5.41, 5.74) is 0.582. The van der Waals surface area contributed by atoms with Crippen LogP contribution in [-0.2, 0) is 16.6 Å². The number of ether oxygens (including phenoxy) is 1. The van der Waals surface area contributed by atoms with Gasteiger partial charge < -0.3 is 4.74 Å². The molecule has 0 aromatic heterocycles. The highest BCUT2D eigenvalue weighted by atomic mass is 79.9. The Bertz CT molecular complexity index is 780. The lowest BCUT2D eigenvalue weighted by Gasteiger charge is -2.18. The van der Waals surface area contributed by atoms with Gasteiger partial charge in [-0.2, -0.15) is 4.31 Å². The lowest BCUT2D eigenvalue weighted by Crippen LogP contribution is -2.26. The fourth-order valence-electron chi connectivity index (χ4n) is 1.96. The van der Waals surface area contributed by atoms with Gasteiger partial charge in [0.15, 0.2) is 0 Å². The third-order valence-corrected chi connectivity index (χ3v) is 5.54. The zero-order valence-electron chi connectivity index (χ0n) is 12.1. The van der Waals surface area contributed by atoms with Crippen molar-refractivity contribution in [2.45, 2.75) is 11.4 Å². The van der Waals surface area contributed by atoms with Gasteiger partial charge in [-0.15, -0.1) is 0 Å². The van der Waals surface area contributed by atoms with E-state index in [9.17, 15) is 12.8 Å². The molecule has 2 rings (SSSR count). The molecule has 0 saturated carbocycles. The van der Waals surface area contributed by atoms with Crippen LogP contribution in [0.25, 0.3) is 0 Å². The number of sulfonamides is 1. The first kappa shape index (κ1) is 16.9. The van der Waals surface area contributed by atoms with Crippen molar-refractivity contribution in [1.29, 1.82) is 0 Å². The maximum absolute atomic E-state index is 13.2. The minimum Gasteiger partial charge on any atom is -0.496 e. The van der Waals surface area contributed by atoms with Crippen LogP contribution in [0.3, 0.4) is 0 Å². The first-order valence-corrected chi connectivity index (χ1v) is 8.62. The number of rotatable bonds is 5. The minimum atomic E-state index is -3.67. The standard InChI is InChI=1S/C15H15BrFNO3S/c1-18(10-11-4-3-5-12(17)8-11)22(19,20)13-6-7-15(21-2)14(16)9-13/h3-9H,10H2,1-2H3. The van der Waals surface area contributed by atoms with Gasteiger partial charge in [0.1, 0.15) is 11.6 Å². The molecule has 0 unspecified atom stereocenters. The molecule has 0 bridgehead atoms. The third-order valence-electron chi connectivity index (χ3n) is 3.13. The lowest BCUT2D eigenvalue weighted by atomic mass is 10.2. The molecule has 0 atom stereocenters. The largest absolute Gasteiger partial charge is 0.496 e. The molecule has 2 aromatic carbocycles. The van der Waals surface area contributed by atoms with Gasteiger partial charge in [-0.1, -0.05) is 12.1 Å². The Morgan fingerprint density at radius 2 is 1.95 bits per heavy atom. The molecule has 0 spiro atoms. The molecule has 0 heterocycles. The van der Waals surface area contributed by atoms with Crippen LogP contribution in [0.4, 0.5) is 4.39 Å². The molecule has 118 valence electrons. The van der Waals surface area contributed by atoms with Gasteiger partial charge in [0.2, 0.25) is 10.0 Å². The van der Waals surface area contributed by atoms with Crippen molar-refractivity contribution < 1.29 is 17.5 Å². The smallest absolute Gasteiger partial charge is 0.243 e. The van der Waals surface area contributed by atoms with E-state index in [1.165, 1.54) is 42.7 Å². The van der Waals surface area contributed by atoms with Crippen molar-refractivity contribution in [1.82, 2.24) is 4.31 Å². The fourth-order valence-corrected chi connectivity index (χ4v) is 3.84. The molecular formula is C15H15BrFNO3S. The van der Waals surface area contributed by atoms with Crippen molar-refractivity contribution >= 4 is 26.0 Å². The van der Waals surface area contributed by atoms with E-state index in [0.29, 0.717) is 15.8 Å². The molecule has 0 amide bonds. The lowest BCUT2D eigenvalue weighted by molar-refractivity contribution is 0.411. The van der Waals surface area contributed by atoms with Gasteiger partial charge in [-0.25, -0.2) is 12.8 Å². The molecule has 0 fully saturated rings. The fraction of sp³-hybridized carbons (Fsp3) is 0.200. The zero-order valence-corrected chi connectivity index (χ0v) is 14.5. The Balaban J connectivity index is 2.27. The van der Waals surface area contributed by atoms with Gasteiger partial charge in [0.25, 0.3) is 0 Å². The van der Waals surface area contributed by atoms with Crippen molar-refractivity contribution in [3.63, 3.8) is 0 Å². The predicted molar refractivity (Wildman–Crippen MR) is 85.7 cm³/mol. The molecule has 22 heavy (non-hydrogen) atoms. The molecule has 0 aliphatic carbocycles. The SMILES string of the molecule is COc1ccc(S(=O)(=O)N(C)Cc2cccc(F)c2)cc1Br. The van der Waals surface area contributed by atoms with Gasteiger partial charge in [-0.3, -0.25) is 0 Å². The Morgan fingerprint density at radius 1 is 1.23 bits per heavy atom. The maximum Gasteiger partial charge on any atom is 0.243 e. The molecule has 0 aliphatic rings. The van der Waals surface area contributed by atoms with Crippen LogP contribution in [0.5, 0.6) is 5.75 Å². The second-order valence-electron chi connectivity index (χ2n) is 4.69. The second kappa shape index (κ2) is 6.76. The number of hydrogen-bond donors (Lipinski definition) is 0. The second-order valence-corrected chi connectivity index (χ2v) is 7.59. The monoisotopic (exact) mass is 387 g/mol. The van der Waals surface area contributed by atoms with Gasteiger partial charge in [-0.05, 0) is 51.8 Å². The molecule has 4 nitrogen and oxygen atoms in total. The summed E-state index contributed by atoms with van der Waals surface area (Å²) in [4.78, 5) is 0.138. The van der Waals surface area contributed by atoms with E-state index in [-0.39, 0.29) is 11.4 Å². The maximum atomic E-state index is 13.2. The first-order valence-electron chi connectivity index (χ1n) is 6.39. The summed E-state index contributed by atoms with van der Waals surface area (Å²) in [5.74, 6) is 0.155. The van der Waals surface area contributed by atoms with E-state index in [1.54, 1.807) is 18.2 Å². The van der Waals surface area contributed by atoms with Gasteiger partial charge in [0, 0.05) is 13.6 Å². The van der Waals surface area contributed by atoms with E-state index >= 15 is 0 Å². The summed E-state index contributed by atoms with van der Waals surface area (Å²) >= 11 is 3.27. The quantitative estimate of drug-likeness (QED) is 0.789. The molecular weight excluding hydrogens is 373 g/mol. The first-order chi connectivity index (χ1) is 10.3. The van der Waals surface area contributed by atoms with Crippen LogP contribution < -0.4 is 4.74 Å². The number of nitrogens with zero attached hydrogens (tertiary/aromatic N) is 1. The molecule has 0 N–H and O–H groups in total. The van der Waals surface area contributed by atoms with E-state index < -0.39 is 15.8 Å². The van der Waals surface area contributed by atoms with E-state index in [0.717, 1.165) is 0 Å². The molecule has 7 heteroatoms. The summed E-state index contributed by atoms with van der Waals surface area (Å²) in [7, 11) is -0.711. The topological polar surface area (TPSA) is 46.6 Å². The van der Waals surface area contributed by atoms with Crippen LogP contribution in [0.1, 0.15) is 5.56 Å². The Hall–Kier alpha value is -1.44. The Kier molecular flexibility index (Phi) is 5.20. The van der Waals surface area contributed by atoms with Crippen molar-refractivity contribution in [3.05, 3.63) is 58.3 Å². The highest BCUT2D eigenvalue weighted by Gasteiger charge is 2.22. The summed E-state index contributed by atoms with van der Waals surface area (Å²) in [6, 6.07) is 10.4. The summed E-state index contributed by atoms with van der Waals surface area (Å²) in [6.45, 7) is 0.0870. The van der Waals surface area contributed by atoms with Crippen molar-refractivity contribution in [2.24, 2.45) is 0 Å². The summed E-state index contributed by atoms with van der Waals surface area (Å²) in [5, 5.41) is 0. The number of methoxy groups -OCH3 is 1. The minimum absolute atomic E-state index is 0.0870. The summed E-state index contributed by atoms with van der Waals surface area (Å²) < 4.78 is 45.1. The van der Waals surface area contributed by atoms with Crippen LogP contribution in [0.15, 0.2) is 51.8 Å². The zero-order chi connectivity index (χ0) is 16.3. The number of benzene rings is 2. The molecule has 0 saturated heterocycles. The Labute approximate surface area is 137 Å². The van der Waals surface area contributed by atoms with Crippen LogP contribution in [0, 0.1) is 5.82 Å². The normalized spacial score (nSPS) is 11.7. The summed E-state index contributed by atoms with van der Waals surface area (Å²) in [6.07, 6.45) is 0. The number of hydrogen-bond acceptors (Lipinski definition) is 3. The third kappa shape index (κ3) is 3.66. The molecule has 0 aliphatic heterocycles. The van der Waals surface area contributed by atoms with Crippen molar-refractivity contribution in [2.75, 3.05) is 14.2 Å². The van der Waals surface area contributed by atoms with Crippen molar-refractivity contribution in [3.8, 4) is 5.75 Å².